The fraction of sp³-hybridized carbons (Fsp3) is 0.385. The number of nitrogens with one attached hydrogen (secondary N) is 1. The summed E-state index contributed by atoms with van der Waals surface area (Å²) in [7, 11) is 0. The maximum Gasteiger partial charge on any atom is 0.261 e. The van der Waals surface area contributed by atoms with E-state index in [1.807, 2.05) is 37.7 Å². The molecule has 1 unspecified atom stereocenters. The van der Waals surface area contributed by atoms with Crippen LogP contribution < -0.4 is 5.32 Å². The second kappa shape index (κ2) is 6.41. The number of amides is 1. The summed E-state index contributed by atoms with van der Waals surface area (Å²) in [4.78, 5) is 12.9. The van der Waals surface area contributed by atoms with Crippen LogP contribution in [0.1, 0.15) is 40.8 Å². The lowest BCUT2D eigenvalue weighted by Crippen LogP contribution is -2.26. The van der Waals surface area contributed by atoms with Crippen molar-refractivity contribution in [2.75, 3.05) is 0 Å². The van der Waals surface area contributed by atoms with E-state index in [2.05, 4.69) is 42.3 Å². The maximum atomic E-state index is 12.2. The van der Waals surface area contributed by atoms with Crippen LogP contribution >= 0.6 is 43.2 Å². The van der Waals surface area contributed by atoms with E-state index in [-0.39, 0.29) is 11.9 Å². The molecule has 0 radical (unpaired) electrons. The van der Waals surface area contributed by atoms with Crippen LogP contribution in [0.25, 0.3) is 0 Å². The van der Waals surface area contributed by atoms with Gasteiger partial charge in [-0.25, -0.2) is 0 Å². The Labute approximate surface area is 138 Å². The number of nitrogens with zero attached hydrogens (tertiary/aromatic N) is 2. The Hall–Kier alpha value is -0.660. The van der Waals surface area contributed by atoms with Crippen molar-refractivity contribution in [3.8, 4) is 0 Å². The summed E-state index contributed by atoms with van der Waals surface area (Å²) in [5.41, 5.74) is 2.14. The van der Waals surface area contributed by atoms with Gasteiger partial charge in [0.1, 0.15) is 0 Å². The molecule has 108 valence electrons. The minimum atomic E-state index is -0.0717. The average Bonchev–Trinajstić information content (AvgIpc) is 2.93. The lowest BCUT2D eigenvalue weighted by molar-refractivity contribution is 0.0944. The van der Waals surface area contributed by atoms with Crippen molar-refractivity contribution < 1.29 is 4.79 Å². The number of thiophene rings is 1. The van der Waals surface area contributed by atoms with E-state index in [9.17, 15) is 4.79 Å². The third-order valence-electron chi connectivity index (χ3n) is 3.12. The lowest BCUT2D eigenvalue weighted by Gasteiger charge is -2.13. The highest BCUT2D eigenvalue weighted by Crippen LogP contribution is 2.32. The van der Waals surface area contributed by atoms with Crippen LogP contribution in [0.4, 0.5) is 0 Å². The minimum Gasteiger partial charge on any atom is -0.345 e. The molecule has 0 aliphatic rings. The van der Waals surface area contributed by atoms with Crippen LogP contribution in [0.3, 0.4) is 0 Å². The van der Waals surface area contributed by atoms with E-state index in [4.69, 9.17) is 0 Å². The highest BCUT2D eigenvalue weighted by atomic mass is 79.9. The van der Waals surface area contributed by atoms with Gasteiger partial charge in [-0.15, -0.1) is 11.3 Å². The smallest absolute Gasteiger partial charge is 0.261 e. The first-order chi connectivity index (χ1) is 9.43. The molecule has 0 aromatic carbocycles. The fourth-order valence-corrected chi connectivity index (χ4v) is 3.95. The molecule has 1 atom stereocenters. The SMILES string of the molecule is CCn1ncc(C(C)NC(=O)c2cc(Br)c(Br)s2)c1C. The van der Waals surface area contributed by atoms with Gasteiger partial charge in [0.2, 0.25) is 0 Å². The monoisotopic (exact) mass is 419 g/mol. The largest absolute Gasteiger partial charge is 0.345 e. The van der Waals surface area contributed by atoms with Gasteiger partial charge < -0.3 is 5.32 Å². The van der Waals surface area contributed by atoms with E-state index in [0.29, 0.717) is 4.88 Å². The molecule has 0 saturated carbocycles. The van der Waals surface area contributed by atoms with Gasteiger partial charge >= 0.3 is 0 Å². The zero-order valence-electron chi connectivity index (χ0n) is 11.4. The number of halogens is 2. The molecule has 0 aliphatic carbocycles. The van der Waals surface area contributed by atoms with Gasteiger partial charge in [-0.3, -0.25) is 9.48 Å². The zero-order valence-corrected chi connectivity index (χ0v) is 15.4. The molecule has 0 fully saturated rings. The molecule has 0 aliphatic heterocycles. The molecule has 0 bridgehead atoms. The maximum absolute atomic E-state index is 12.2. The molecule has 0 spiro atoms. The summed E-state index contributed by atoms with van der Waals surface area (Å²) >= 11 is 8.20. The lowest BCUT2D eigenvalue weighted by atomic mass is 10.1. The van der Waals surface area contributed by atoms with E-state index in [1.54, 1.807) is 0 Å². The van der Waals surface area contributed by atoms with Gasteiger partial charge in [0, 0.05) is 22.3 Å². The number of rotatable bonds is 4. The third-order valence-corrected chi connectivity index (χ3v) is 6.38. The normalized spacial score (nSPS) is 12.4. The Bertz CT molecular complexity index is 616. The fourth-order valence-electron chi connectivity index (χ4n) is 2.01. The number of carbonyl (C=O) groups excluding carboxylic acids is 1. The number of aromatic nitrogens is 2. The Morgan fingerprint density at radius 3 is 2.75 bits per heavy atom. The van der Waals surface area contributed by atoms with Gasteiger partial charge in [0.25, 0.3) is 5.91 Å². The van der Waals surface area contributed by atoms with Crippen LogP contribution in [0, 0.1) is 6.92 Å². The van der Waals surface area contributed by atoms with E-state index in [1.165, 1.54) is 11.3 Å². The Morgan fingerprint density at radius 1 is 1.55 bits per heavy atom. The first-order valence-corrected chi connectivity index (χ1v) is 8.62. The summed E-state index contributed by atoms with van der Waals surface area (Å²) < 4.78 is 3.75. The number of carbonyl (C=O) groups is 1. The predicted molar refractivity (Wildman–Crippen MR) is 88.2 cm³/mol. The molecular weight excluding hydrogens is 406 g/mol. The van der Waals surface area contributed by atoms with Gasteiger partial charge in [-0.05, 0) is 58.7 Å². The van der Waals surface area contributed by atoms with E-state index >= 15 is 0 Å². The topological polar surface area (TPSA) is 46.9 Å². The molecule has 20 heavy (non-hydrogen) atoms. The van der Waals surface area contributed by atoms with E-state index in [0.717, 1.165) is 26.1 Å². The van der Waals surface area contributed by atoms with Crippen LogP contribution in [-0.2, 0) is 6.54 Å². The van der Waals surface area contributed by atoms with Crippen LogP contribution in [0.15, 0.2) is 20.5 Å². The van der Waals surface area contributed by atoms with Crippen molar-refractivity contribution in [3.63, 3.8) is 0 Å². The van der Waals surface area contributed by atoms with Crippen molar-refractivity contribution in [2.45, 2.75) is 33.4 Å². The van der Waals surface area contributed by atoms with Gasteiger partial charge in [0.05, 0.1) is 20.9 Å². The van der Waals surface area contributed by atoms with Crippen LogP contribution in [0.5, 0.6) is 0 Å². The first kappa shape index (κ1) is 15.7. The molecule has 4 nitrogen and oxygen atoms in total. The van der Waals surface area contributed by atoms with Crippen LogP contribution in [0.2, 0.25) is 0 Å². The van der Waals surface area contributed by atoms with Crippen LogP contribution in [-0.4, -0.2) is 15.7 Å². The number of aryl methyl sites for hydroxylation is 1. The van der Waals surface area contributed by atoms with Crippen molar-refractivity contribution >= 4 is 49.1 Å². The highest BCUT2D eigenvalue weighted by molar-refractivity contribution is 9.13. The van der Waals surface area contributed by atoms with Crippen molar-refractivity contribution in [1.29, 1.82) is 0 Å². The highest BCUT2D eigenvalue weighted by Gasteiger charge is 2.18. The molecule has 0 saturated heterocycles. The molecule has 2 aromatic rings. The zero-order chi connectivity index (χ0) is 14.9. The Kier molecular flexibility index (Phi) is 5.04. The van der Waals surface area contributed by atoms with Crippen molar-refractivity contribution in [3.05, 3.63) is 36.7 Å². The third kappa shape index (κ3) is 3.15. The minimum absolute atomic E-state index is 0.0672. The molecule has 2 heterocycles. The predicted octanol–water partition coefficient (Wildman–Crippen LogP) is 4.29. The molecular formula is C13H15Br2N3OS. The quantitative estimate of drug-likeness (QED) is 0.801. The Morgan fingerprint density at radius 2 is 2.25 bits per heavy atom. The van der Waals surface area contributed by atoms with Gasteiger partial charge in [0.15, 0.2) is 0 Å². The Balaban J connectivity index is 2.12. The van der Waals surface area contributed by atoms with Crippen molar-refractivity contribution in [1.82, 2.24) is 15.1 Å². The summed E-state index contributed by atoms with van der Waals surface area (Å²) in [6, 6.07) is 1.75. The summed E-state index contributed by atoms with van der Waals surface area (Å²) in [5.74, 6) is -0.0717. The first-order valence-electron chi connectivity index (χ1n) is 6.22. The second-order valence-corrected chi connectivity index (χ2v) is 7.65. The number of hydrogen-bond donors (Lipinski definition) is 1. The molecule has 2 aromatic heterocycles. The van der Waals surface area contributed by atoms with E-state index < -0.39 is 0 Å². The molecule has 7 heteroatoms. The van der Waals surface area contributed by atoms with Gasteiger partial charge in [-0.1, -0.05) is 0 Å². The molecule has 2 rings (SSSR count). The van der Waals surface area contributed by atoms with Crippen molar-refractivity contribution in [2.24, 2.45) is 0 Å². The summed E-state index contributed by atoms with van der Waals surface area (Å²) in [6.45, 7) is 6.87. The standard InChI is InChI=1S/C13H15Br2N3OS/c1-4-18-8(3)9(6-16-18)7(2)17-13(19)11-5-10(14)12(15)20-11/h5-7H,4H2,1-3H3,(H,17,19). The summed E-state index contributed by atoms with van der Waals surface area (Å²) in [6.07, 6.45) is 1.82. The number of hydrogen-bond acceptors (Lipinski definition) is 3. The molecule has 1 N–H and O–H groups in total. The summed E-state index contributed by atoms with van der Waals surface area (Å²) in [5, 5.41) is 7.31. The average molecular weight is 421 g/mol. The molecule has 1 amide bonds. The second-order valence-electron chi connectivity index (χ2n) is 4.43. The van der Waals surface area contributed by atoms with Gasteiger partial charge in [-0.2, -0.15) is 5.10 Å².